The first kappa shape index (κ1) is 17.2. The largest absolute Gasteiger partial charge is 0.312 e. The van der Waals surface area contributed by atoms with Gasteiger partial charge in [0, 0.05) is 34.6 Å². The van der Waals surface area contributed by atoms with Crippen molar-refractivity contribution in [3.8, 4) is 0 Å². The molecule has 2 aromatic carbocycles. The molecule has 0 saturated carbocycles. The Bertz CT molecular complexity index is 631. The zero-order valence-electron chi connectivity index (χ0n) is 12.4. The molecule has 0 unspecified atom stereocenters. The first-order valence-electron chi connectivity index (χ1n) is 6.90. The van der Waals surface area contributed by atoms with Crippen LogP contribution < -0.4 is 5.32 Å². The Kier molecular flexibility index (Phi) is 5.43. The lowest BCUT2D eigenvalue weighted by molar-refractivity contribution is 0.468. The monoisotopic (exact) mass is 343 g/mol. The van der Waals surface area contributed by atoms with Gasteiger partial charge in [-0.25, -0.2) is 8.78 Å². The SMILES string of the molecule is CC(C)(CNCc1cc(F)cc(F)c1)c1c(Cl)cccc1Cl. The van der Waals surface area contributed by atoms with Gasteiger partial charge in [-0.05, 0) is 35.4 Å². The van der Waals surface area contributed by atoms with E-state index in [0.717, 1.165) is 11.6 Å². The van der Waals surface area contributed by atoms with Crippen molar-refractivity contribution < 1.29 is 8.78 Å². The summed E-state index contributed by atoms with van der Waals surface area (Å²) in [5.41, 5.74) is 1.09. The van der Waals surface area contributed by atoms with Gasteiger partial charge in [0.1, 0.15) is 11.6 Å². The molecular weight excluding hydrogens is 327 g/mol. The van der Waals surface area contributed by atoms with E-state index in [1.165, 1.54) is 12.1 Å². The standard InChI is InChI=1S/C17H17Cl2F2N/c1-17(2,16-14(18)4-3-5-15(16)19)10-22-9-11-6-12(20)8-13(21)7-11/h3-8,22H,9-10H2,1-2H3. The van der Waals surface area contributed by atoms with Crippen LogP contribution in [-0.2, 0) is 12.0 Å². The Morgan fingerprint density at radius 2 is 1.55 bits per heavy atom. The minimum Gasteiger partial charge on any atom is -0.312 e. The van der Waals surface area contributed by atoms with Crippen LogP contribution >= 0.6 is 23.2 Å². The molecule has 0 atom stereocenters. The summed E-state index contributed by atoms with van der Waals surface area (Å²) in [5.74, 6) is -1.16. The lowest BCUT2D eigenvalue weighted by Gasteiger charge is -2.28. The van der Waals surface area contributed by atoms with Crippen LogP contribution in [0.3, 0.4) is 0 Å². The van der Waals surface area contributed by atoms with Crippen molar-refractivity contribution in [3.05, 3.63) is 69.2 Å². The Labute approximate surface area is 139 Å². The molecular formula is C17H17Cl2F2N. The van der Waals surface area contributed by atoms with Crippen molar-refractivity contribution >= 4 is 23.2 Å². The van der Waals surface area contributed by atoms with E-state index in [2.05, 4.69) is 5.32 Å². The van der Waals surface area contributed by atoms with Gasteiger partial charge >= 0.3 is 0 Å². The third-order valence-electron chi connectivity index (χ3n) is 3.46. The van der Waals surface area contributed by atoms with Crippen molar-refractivity contribution in [2.24, 2.45) is 0 Å². The van der Waals surface area contributed by atoms with Gasteiger partial charge in [-0.2, -0.15) is 0 Å². The zero-order chi connectivity index (χ0) is 16.3. The van der Waals surface area contributed by atoms with E-state index in [4.69, 9.17) is 23.2 Å². The second-order valence-corrected chi connectivity index (χ2v) is 6.68. The van der Waals surface area contributed by atoms with Gasteiger partial charge in [-0.15, -0.1) is 0 Å². The molecule has 0 fully saturated rings. The average molecular weight is 344 g/mol. The Morgan fingerprint density at radius 3 is 2.09 bits per heavy atom. The van der Waals surface area contributed by atoms with E-state index in [1.807, 2.05) is 13.8 Å². The van der Waals surface area contributed by atoms with Crippen LogP contribution in [0.1, 0.15) is 25.0 Å². The highest BCUT2D eigenvalue weighted by Gasteiger charge is 2.25. The first-order chi connectivity index (χ1) is 10.3. The fourth-order valence-corrected chi connectivity index (χ4v) is 3.37. The van der Waals surface area contributed by atoms with Crippen LogP contribution in [0, 0.1) is 11.6 Å². The topological polar surface area (TPSA) is 12.0 Å². The predicted molar refractivity (Wildman–Crippen MR) is 87.6 cm³/mol. The summed E-state index contributed by atoms with van der Waals surface area (Å²) in [6.07, 6.45) is 0. The molecule has 0 spiro atoms. The highest BCUT2D eigenvalue weighted by Crippen LogP contribution is 2.35. The van der Waals surface area contributed by atoms with Gasteiger partial charge < -0.3 is 5.32 Å². The zero-order valence-corrected chi connectivity index (χ0v) is 13.9. The highest BCUT2D eigenvalue weighted by molar-refractivity contribution is 6.36. The molecule has 22 heavy (non-hydrogen) atoms. The van der Waals surface area contributed by atoms with E-state index in [0.29, 0.717) is 28.7 Å². The summed E-state index contributed by atoms with van der Waals surface area (Å²) < 4.78 is 26.3. The summed E-state index contributed by atoms with van der Waals surface area (Å²) >= 11 is 12.5. The van der Waals surface area contributed by atoms with Crippen LogP contribution in [-0.4, -0.2) is 6.54 Å². The molecule has 0 heterocycles. The quantitative estimate of drug-likeness (QED) is 0.772. The van der Waals surface area contributed by atoms with Crippen LogP contribution in [0.15, 0.2) is 36.4 Å². The smallest absolute Gasteiger partial charge is 0.126 e. The third kappa shape index (κ3) is 4.19. The molecule has 0 aromatic heterocycles. The molecule has 2 aromatic rings. The molecule has 0 aliphatic rings. The maximum absolute atomic E-state index is 13.2. The van der Waals surface area contributed by atoms with Crippen LogP contribution in [0.5, 0.6) is 0 Å². The second-order valence-electron chi connectivity index (χ2n) is 5.86. The van der Waals surface area contributed by atoms with Crippen LogP contribution in [0.2, 0.25) is 10.0 Å². The van der Waals surface area contributed by atoms with Gasteiger partial charge in [0.15, 0.2) is 0 Å². The van der Waals surface area contributed by atoms with Crippen molar-refractivity contribution in [1.29, 1.82) is 0 Å². The van der Waals surface area contributed by atoms with Crippen LogP contribution in [0.25, 0.3) is 0 Å². The normalized spacial score (nSPS) is 11.7. The molecule has 118 valence electrons. The van der Waals surface area contributed by atoms with Crippen molar-refractivity contribution in [2.45, 2.75) is 25.8 Å². The van der Waals surface area contributed by atoms with E-state index < -0.39 is 11.6 Å². The number of hydrogen-bond donors (Lipinski definition) is 1. The Balaban J connectivity index is 2.07. The van der Waals surface area contributed by atoms with Gasteiger partial charge in [-0.1, -0.05) is 43.1 Å². The maximum Gasteiger partial charge on any atom is 0.126 e. The third-order valence-corrected chi connectivity index (χ3v) is 4.09. The molecule has 0 bridgehead atoms. The predicted octanol–water partition coefficient (Wildman–Crippen LogP) is 5.34. The van der Waals surface area contributed by atoms with Gasteiger partial charge in [0.25, 0.3) is 0 Å². The highest BCUT2D eigenvalue weighted by atomic mass is 35.5. The summed E-state index contributed by atoms with van der Waals surface area (Å²) in [6, 6.07) is 8.88. The van der Waals surface area contributed by atoms with Gasteiger partial charge in [0.05, 0.1) is 0 Å². The molecule has 2 rings (SSSR count). The molecule has 0 aliphatic heterocycles. The number of benzene rings is 2. The Hall–Kier alpha value is -1.16. The molecule has 5 heteroatoms. The fourth-order valence-electron chi connectivity index (χ4n) is 2.47. The van der Waals surface area contributed by atoms with Crippen molar-refractivity contribution in [3.63, 3.8) is 0 Å². The van der Waals surface area contributed by atoms with Crippen molar-refractivity contribution in [1.82, 2.24) is 5.32 Å². The lowest BCUT2D eigenvalue weighted by Crippen LogP contribution is -2.33. The first-order valence-corrected chi connectivity index (χ1v) is 7.65. The summed E-state index contributed by atoms with van der Waals surface area (Å²) in [6.45, 7) is 4.95. The number of hydrogen-bond acceptors (Lipinski definition) is 1. The molecule has 0 aliphatic carbocycles. The molecule has 1 nitrogen and oxygen atoms in total. The number of rotatable bonds is 5. The molecule has 0 saturated heterocycles. The van der Waals surface area contributed by atoms with E-state index >= 15 is 0 Å². The number of nitrogens with one attached hydrogen (secondary N) is 1. The maximum atomic E-state index is 13.2. The fraction of sp³-hybridized carbons (Fsp3) is 0.294. The molecule has 0 radical (unpaired) electrons. The molecule has 0 amide bonds. The molecule has 1 N–H and O–H groups in total. The summed E-state index contributed by atoms with van der Waals surface area (Å²) in [7, 11) is 0. The minimum absolute atomic E-state index is 0.318. The van der Waals surface area contributed by atoms with E-state index in [-0.39, 0.29) is 5.41 Å². The summed E-state index contributed by atoms with van der Waals surface area (Å²) in [5, 5.41) is 4.41. The minimum atomic E-state index is -0.579. The van der Waals surface area contributed by atoms with E-state index in [1.54, 1.807) is 18.2 Å². The van der Waals surface area contributed by atoms with Gasteiger partial charge in [-0.3, -0.25) is 0 Å². The average Bonchev–Trinajstić information content (AvgIpc) is 2.36. The van der Waals surface area contributed by atoms with Crippen LogP contribution in [0.4, 0.5) is 8.78 Å². The van der Waals surface area contributed by atoms with E-state index in [9.17, 15) is 8.78 Å². The van der Waals surface area contributed by atoms with Gasteiger partial charge in [0.2, 0.25) is 0 Å². The second kappa shape index (κ2) is 6.95. The number of halogens is 4. The lowest BCUT2D eigenvalue weighted by atomic mass is 9.84. The van der Waals surface area contributed by atoms with Crippen molar-refractivity contribution in [2.75, 3.05) is 6.54 Å². The summed E-state index contributed by atoms with van der Waals surface area (Å²) in [4.78, 5) is 0. The Morgan fingerprint density at radius 1 is 1.00 bits per heavy atom.